The Morgan fingerprint density at radius 3 is 2.52 bits per heavy atom. The predicted molar refractivity (Wildman–Crippen MR) is 148 cm³/mol. The van der Waals surface area contributed by atoms with Gasteiger partial charge in [-0.1, -0.05) is 68.7 Å². The molecule has 1 heterocycles. The SMILES string of the molecule is CCCCC[C@H](CN(C=O)OCc1ccccc1)C(=O)NCNC(=O)c1ccc(-c2cccc(S(N)(=O)=O)c2)o1. The van der Waals surface area contributed by atoms with Crippen LogP contribution in [0.4, 0.5) is 0 Å². The fourth-order valence-electron chi connectivity index (χ4n) is 3.91. The van der Waals surface area contributed by atoms with E-state index in [-0.39, 0.29) is 42.1 Å². The third-order valence-electron chi connectivity index (χ3n) is 6.07. The molecule has 0 aliphatic heterocycles. The Bertz CT molecular complexity index is 1380. The number of nitrogens with two attached hydrogens (primary N) is 1. The maximum Gasteiger partial charge on any atom is 0.288 e. The molecule has 0 aliphatic carbocycles. The number of carbonyl (C=O) groups is 3. The summed E-state index contributed by atoms with van der Waals surface area (Å²) in [4.78, 5) is 42.6. The molecule has 1 aromatic heterocycles. The third-order valence-corrected chi connectivity index (χ3v) is 6.98. The molecule has 40 heavy (non-hydrogen) atoms. The molecule has 0 saturated carbocycles. The summed E-state index contributed by atoms with van der Waals surface area (Å²) >= 11 is 0. The highest BCUT2D eigenvalue weighted by atomic mass is 32.2. The molecule has 3 amide bonds. The Morgan fingerprint density at radius 2 is 1.82 bits per heavy atom. The summed E-state index contributed by atoms with van der Waals surface area (Å²) < 4.78 is 28.8. The van der Waals surface area contributed by atoms with Gasteiger partial charge in [-0.05, 0) is 36.2 Å². The first-order chi connectivity index (χ1) is 19.2. The van der Waals surface area contributed by atoms with E-state index in [1.54, 1.807) is 6.07 Å². The molecule has 0 fully saturated rings. The Balaban J connectivity index is 1.55. The number of hydroxylamine groups is 2. The highest BCUT2D eigenvalue weighted by molar-refractivity contribution is 7.89. The molecule has 4 N–H and O–H groups in total. The van der Waals surface area contributed by atoms with Crippen molar-refractivity contribution in [1.29, 1.82) is 0 Å². The molecule has 0 bridgehead atoms. The summed E-state index contributed by atoms with van der Waals surface area (Å²) in [6.07, 6.45) is 3.81. The number of primary sulfonamides is 1. The quantitative estimate of drug-likeness (QED) is 0.103. The van der Waals surface area contributed by atoms with E-state index in [2.05, 4.69) is 17.6 Å². The number of amides is 3. The van der Waals surface area contributed by atoms with Gasteiger partial charge >= 0.3 is 0 Å². The predicted octanol–water partition coefficient (Wildman–Crippen LogP) is 3.18. The minimum Gasteiger partial charge on any atom is -0.451 e. The molecule has 11 nitrogen and oxygen atoms in total. The van der Waals surface area contributed by atoms with E-state index in [1.165, 1.54) is 30.3 Å². The zero-order valence-electron chi connectivity index (χ0n) is 22.2. The first-order valence-electron chi connectivity index (χ1n) is 12.9. The zero-order chi connectivity index (χ0) is 29.0. The number of hydrogen-bond acceptors (Lipinski definition) is 7. The second-order valence-electron chi connectivity index (χ2n) is 9.12. The lowest BCUT2D eigenvalue weighted by molar-refractivity contribution is -0.182. The Morgan fingerprint density at radius 1 is 1.05 bits per heavy atom. The van der Waals surface area contributed by atoms with E-state index in [4.69, 9.17) is 14.4 Å². The fraction of sp³-hybridized carbons (Fsp3) is 0.321. The fourth-order valence-corrected chi connectivity index (χ4v) is 4.47. The summed E-state index contributed by atoms with van der Waals surface area (Å²) in [5, 5.41) is 11.6. The standard InChI is InChI=1S/C28H34N4O7S/c1-2-3-5-11-23(17-32(20-33)38-18-21-9-6-4-7-10-21)27(34)30-19-31-28(35)26-15-14-25(39-26)22-12-8-13-24(16-22)40(29,36)37/h4,6-10,12-16,20,23H,2-3,5,11,17-19H2,1H3,(H,30,34)(H,31,35)(H2,29,36,37)/t23-/m1/s1. The first kappa shape index (κ1) is 30.5. The van der Waals surface area contributed by atoms with Gasteiger partial charge in [-0.2, -0.15) is 0 Å². The van der Waals surface area contributed by atoms with Crippen LogP contribution in [0.3, 0.4) is 0 Å². The van der Waals surface area contributed by atoms with Gasteiger partial charge in [0.05, 0.1) is 24.0 Å². The number of hydrogen-bond donors (Lipinski definition) is 3. The van der Waals surface area contributed by atoms with Gasteiger partial charge in [0.15, 0.2) is 5.76 Å². The zero-order valence-corrected chi connectivity index (χ0v) is 23.1. The van der Waals surface area contributed by atoms with Crippen molar-refractivity contribution < 1.29 is 32.1 Å². The lowest BCUT2D eigenvalue weighted by atomic mass is 10.0. The number of furan rings is 1. The van der Waals surface area contributed by atoms with E-state index < -0.39 is 21.8 Å². The highest BCUT2D eigenvalue weighted by Gasteiger charge is 2.22. The van der Waals surface area contributed by atoms with Gasteiger partial charge in [-0.3, -0.25) is 19.2 Å². The average molecular weight is 571 g/mol. The van der Waals surface area contributed by atoms with Crippen molar-refractivity contribution in [2.24, 2.45) is 11.1 Å². The van der Waals surface area contributed by atoms with Crippen LogP contribution in [0.15, 0.2) is 76.0 Å². The first-order valence-corrected chi connectivity index (χ1v) is 14.4. The Labute approximate surface area is 233 Å². The topological polar surface area (TPSA) is 161 Å². The molecular weight excluding hydrogens is 536 g/mol. The minimum atomic E-state index is -3.89. The molecule has 1 atom stereocenters. The molecule has 3 aromatic rings. The van der Waals surface area contributed by atoms with Gasteiger partial charge in [0, 0.05) is 5.56 Å². The molecule has 0 saturated heterocycles. The average Bonchev–Trinajstić information content (AvgIpc) is 3.45. The van der Waals surface area contributed by atoms with E-state index in [1.807, 2.05) is 30.3 Å². The van der Waals surface area contributed by atoms with E-state index >= 15 is 0 Å². The van der Waals surface area contributed by atoms with Gasteiger partial charge in [-0.25, -0.2) is 18.6 Å². The molecule has 0 spiro atoms. The summed E-state index contributed by atoms with van der Waals surface area (Å²) in [5.74, 6) is -1.18. The number of benzene rings is 2. The lowest BCUT2D eigenvalue weighted by Gasteiger charge is -2.23. The Hall–Kier alpha value is -4.00. The lowest BCUT2D eigenvalue weighted by Crippen LogP contribution is -2.43. The number of carbonyl (C=O) groups excluding carboxylic acids is 3. The van der Waals surface area contributed by atoms with Crippen LogP contribution in [0.5, 0.6) is 0 Å². The van der Waals surface area contributed by atoms with E-state index in [0.717, 1.165) is 29.9 Å². The van der Waals surface area contributed by atoms with E-state index in [9.17, 15) is 22.8 Å². The monoisotopic (exact) mass is 570 g/mol. The molecule has 214 valence electrons. The molecule has 0 aliphatic rings. The van der Waals surface area contributed by atoms with Crippen LogP contribution in [0.2, 0.25) is 0 Å². The van der Waals surface area contributed by atoms with Crippen LogP contribution in [0.25, 0.3) is 11.3 Å². The molecule has 0 radical (unpaired) electrons. The van der Waals surface area contributed by atoms with Crippen LogP contribution in [-0.4, -0.2) is 44.9 Å². The molecule has 2 aromatic carbocycles. The minimum absolute atomic E-state index is 0.0220. The second kappa shape index (κ2) is 15.0. The van der Waals surface area contributed by atoms with Crippen molar-refractivity contribution in [2.45, 2.75) is 44.1 Å². The smallest absolute Gasteiger partial charge is 0.288 e. The maximum atomic E-state index is 12.9. The van der Waals surface area contributed by atoms with Crippen LogP contribution in [0.1, 0.15) is 48.7 Å². The summed E-state index contributed by atoms with van der Waals surface area (Å²) in [7, 11) is -3.89. The summed E-state index contributed by atoms with van der Waals surface area (Å²) in [6.45, 7) is 2.16. The van der Waals surface area contributed by atoms with Crippen LogP contribution >= 0.6 is 0 Å². The number of rotatable bonds is 16. The van der Waals surface area contributed by atoms with Gasteiger partial charge in [0.1, 0.15) is 12.4 Å². The molecule has 12 heteroatoms. The second-order valence-corrected chi connectivity index (χ2v) is 10.7. The van der Waals surface area contributed by atoms with Crippen molar-refractivity contribution >= 4 is 28.2 Å². The van der Waals surface area contributed by atoms with Crippen molar-refractivity contribution in [2.75, 3.05) is 13.2 Å². The van der Waals surface area contributed by atoms with Crippen molar-refractivity contribution in [1.82, 2.24) is 15.7 Å². The number of nitrogens with zero attached hydrogens (tertiary/aromatic N) is 1. The van der Waals surface area contributed by atoms with Crippen molar-refractivity contribution in [3.63, 3.8) is 0 Å². The van der Waals surface area contributed by atoms with Gasteiger partial charge in [0.25, 0.3) is 5.91 Å². The maximum absolute atomic E-state index is 12.9. The van der Waals surface area contributed by atoms with E-state index in [0.29, 0.717) is 18.4 Å². The third kappa shape index (κ3) is 9.33. The number of sulfonamides is 1. The normalized spacial score (nSPS) is 11.9. The van der Waals surface area contributed by atoms with Gasteiger partial charge in [-0.15, -0.1) is 0 Å². The van der Waals surface area contributed by atoms with Crippen molar-refractivity contribution in [3.8, 4) is 11.3 Å². The summed E-state index contributed by atoms with van der Waals surface area (Å²) in [5.41, 5.74) is 1.32. The molecular formula is C28H34N4O7S. The highest BCUT2D eigenvalue weighted by Crippen LogP contribution is 2.24. The molecule has 0 unspecified atom stereocenters. The Kier molecular flexibility index (Phi) is 11.4. The van der Waals surface area contributed by atoms with Crippen LogP contribution < -0.4 is 15.8 Å². The van der Waals surface area contributed by atoms with Gasteiger partial charge < -0.3 is 15.1 Å². The van der Waals surface area contributed by atoms with Crippen LogP contribution in [-0.2, 0) is 31.1 Å². The van der Waals surface area contributed by atoms with Crippen LogP contribution in [0, 0.1) is 5.92 Å². The van der Waals surface area contributed by atoms with Gasteiger partial charge in [0.2, 0.25) is 22.3 Å². The molecule has 3 rings (SSSR count). The van der Waals surface area contributed by atoms with Crippen molar-refractivity contribution in [3.05, 3.63) is 78.1 Å². The number of unbranched alkanes of at least 4 members (excludes halogenated alkanes) is 2. The largest absolute Gasteiger partial charge is 0.451 e. The summed E-state index contributed by atoms with van der Waals surface area (Å²) in [6, 6.07) is 18.2. The number of nitrogens with one attached hydrogen (secondary N) is 2.